The van der Waals surface area contributed by atoms with E-state index >= 15 is 0 Å². The van der Waals surface area contributed by atoms with E-state index in [0.717, 1.165) is 31.4 Å². The largest absolute Gasteiger partial charge is 0.497 e. The molecule has 0 saturated carbocycles. The van der Waals surface area contributed by atoms with Crippen molar-refractivity contribution in [3.8, 4) is 11.8 Å². The number of methoxy groups -OCH3 is 1. The molecular weight excluding hydrogens is 210 g/mol. The molecule has 0 aliphatic rings. The Morgan fingerprint density at radius 3 is 2.59 bits per heavy atom. The fourth-order valence-corrected chi connectivity index (χ4v) is 1.58. The van der Waals surface area contributed by atoms with Gasteiger partial charge in [-0.3, -0.25) is 0 Å². The molecule has 0 N–H and O–H groups in total. The maximum atomic E-state index is 8.39. The minimum Gasteiger partial charge on any atom is -0.497 e. The number of nitriles is 1. The van der Waals surface area contributed by atoms with Gasteiger partial charge < -0.3 is 4.74 Å². The highest BCUT2D eigenvalue weighted by atomic mass is 16.5. The molecule has 0 bridgehead atoms. The highest BCUT2D eigenvalue weighted by Gasteiger charge is 1.90. The van der Waals surface area contributed by atoms with Crippen molar-refractivity contribution in [3.63, 3.8) is 0 Å². The molecule has 0 saturated heterocycles. The van der Waals surface area contributed by atoms with Gasteiger partial charge in [0.25, 0.3) is 0 Å². The van der Waals surface area contributed by atoms with Crippen molar-refractivity contribution in [1.82, 2.24) is 0 Å². The van der Waals surface area contributed by atoms with Gasteiger partial charge >= 0.3 is 0 Å². The van der Waals surface area contributed by atoms with Crippen LogP contribution in [0.15, 0.2) is 30.3 Å². The van der Waals surface area contributed by atoms with E-state index in [2.05, 4.69) is 18.2 Å². The Kier molecular flexibility index (Phi) is 6.59. The van der Waals surface area contributed by atoms with Gasteiger partial charge in [0.2, 0.25) is 0 Å². The Hall–Kier alpha value is -1.75. The summed E-state index contributed by atoms with van der Waals surface area (Å²) in [6.45, 7) is 0. The van der Waals surface area contributed by atoms with Gasteiger partial charge in [0.15, 0.2) is 0 Å². The zero-order valence-electron chi connectivity index (χ0n) is 10.4. The summed E-state index contributed by atoms with van der Waals surface area (Å²) in [7, 11) is 1.67. The van der Waals surface area contributed by atoms with Crippen LogP contribution in [0.5, 0.6) is 5.75 Å². The third-order valence-electron chi connectivity index (χ3n) is 2.59. The van der Waals surface area contributed by atoms with E-state index in [9.17, 15) is 0 Å². The average Bonchev–Trinajstić information content (AvgIpc) is 2.38. The molecular formula is C15H19NO. The van der Waals surface area contributed by atoms with E-state index in [4.69, 9.17) is 10.00 Å². The van der Waals surface area contributed by atoms with Gasteiger partial charge in [0.05, 0.1) is 13.2 Å². The van der Waals surface area contributed by atoms with Crippen molar-refractivity contribution in [2.75, 3.05) is 7.11 Å². The summed E-state index contributed by atoms with van der Waals surface area (Å²) in [4.78, 5) is 0. The summed E-state index contributed by atoms with van der Waals surface area (Å²) in [6, 6.07) is 10.2. The summed E-state index contributed by atoms with van der Waals surface area (Å²) in [5, 5.41) is 8.39. The third kappa shape index (κ3) is 5.77. The van der Waals surface area contributed by atoms with Gasteiger partial charge in [0, 0.05) is 6.42 Å². The molecule has 0 spiro atoms. The van der Waals surface area contributed by atoms with Crippen molar-refractivity contribution in [2.45, 2.75) is 32.1 Å². The lowest BCUT2D eigenvalue weighted by Gasteiger charge is -1.99. The molecule has 0 radical (unpaired) electrons. The van der Waals surface area contributed by atoms with Crippen molar-refractivity contribution in [1.29, 1.82) is 5.26 Å². The van der Waals surface area contributed by atoms with Crippen LogP contribution in [-0.2, 0) is 0 Å². The Morgan fingerprint density at radius 1 is 1.18 bits per heavy atom. The lowest BCUT2D eigenvalue weighted by Crippen LogP contribution is -1.81. The topological polar surface area (TPSA) is 33.0 Å². The van der Waals surface area contributed by atoms with Crippen LogP contribution in [0.3, 0.4) is 0 Å². The van der Waals surface area contributed by atoms with Crippen molar-refractivity contribution >= 4 is 6.08 Å². The molecule has 1 aromatic rings. The summed E-state index contributed by atoms with van der Waals surface area (Å²) < 4.78 is 5.10. The number of unbranched alkanes of at least 4 members (excludes halogenated alkanes) is 4. The summed E-state index contributed by atoms with van der Waals surface area (Å²) in [5.74, 6) is 0.888. The quantitative estimate of drug-likeness (QED) is 0.657. The lowest BCUT2D eigenvalue weighted by molar-refractivity contribution is 0.415. The second kappa shape index (κ2) is 8.41. The Bertz CT molecular complexity index is 373. The molecule has 1 aromatic carbocycles. The molecule has 2 nitrogen and oxygen atoms in total. The molecule has 90 valence electrons. The first-order valence-electron chi connectivity index (χ1n) is 6.04. The number of benzene rings is 1. The first-order chi connectivity index (χ1) is 8.36. The number of hydrogen-bond acceptors (Lipinski definition) is 2. The summed E-state index contributed by atoms with van der Waals surface area (Å²) in [6.07, 6.45) is 9.40. The first-order valence-corrected chi connectivity index (χ1v) is 6.04. The molecule has 0 aromatic heterocycles. The zero-order valence-corrected chi connectivity index (χ0v) is 10.4. The van der Waals surface area contributed by atoms with E-state index in [1.54, 1.807) is 7.11 Å². The normalized spacial score (nSPS) is 10.4. The van der Waals surface area contributed by atoms with E-state index in [1.165, 1.54) is 5.56 Å². The van der Waals surface area contributed by atoms with Gasteiger partial charge in [-0.25, -0.2) is 0 Å². The average molecular weight is 229 g/mol. The monoisotopic (exact) mass is 229 g/mol. The standard InChI is InChI=1S/C15H19NO/c1-17-15-11-9-14(10-12-15)8-6-4-2-3-5-7-13-16/h6,8-12H,2-5,7H2,1H3/b8-6+. The lowest BCUT2D eigenvalue weighted by atomic mass is 10.1. The predicted molar refractivity (Wildman–Crippen MR) is 70.7 cm³/mol. The Labute approximate surface area is 104 Å². The molecule has 0 atom stereocenters. The second-order valence-corrected chi connectivity index (χ2v) is 3.93. The van der Waals surface area contributed by atoms with Crippen LogP contribution in [0, 0.1) is 11.3 Å². The van der Waals surface area contributed by atoms with Crippen LogP contribution < -0.4 is 4.74 Å². The van der Waals surface area contributed by atoms with Crippen molar-refractivity contribution in [3.05, 3.63) is 35.9 Å². The number of ether oxygens (including phenoxy) is 1. The van der Waals surface area contributed by atoms with Crippen molar-refractivity contribution in [2.24, 2.45) is 0 Å². The molecule has 1 rings (SSSR count). The molecule has 0 unspecified atom stereocenters. The number of hydrogen-bond donors (Lipinski definition) is 0. The molecule has 0 aliphatic carbocycles. The van der Waals surface area contributed by atoms with Gasteiger partial charge in [-0.05, 0) is 37.0 Å². The Morgan fingerprint density at radius 2 is 1.94 bits per heavy atom. The molecule has 0 amide bonds. The van der Waals surface area contributed by atoms with E-state index < -0.39 is 0 Å². The predicted octanol–water partition coefficient (Wildman–Crippen LogP) is 4.18. The van der Waals surface area contributed by atoms with E-state index in [1.807, 2.05) is 24.3 Å². The summed E-state index contributed by atoms with van der Waals surface area (Å²) >= 11 is 0. The number of allylic oxidation sites excluding steroid dienone is 1. The van der Waals surface area contributed by atoms with Crippen LogP contribution in [0.2, 0.25) is 0 Å². The zero-order chi connectivity index (χ0) is 12.3. The van der Waals surface area contributed by atoms with Crippen molar-refractivity contribution < 1.29 is 4.74 Å². The van der Waals surface area contributed by atoms with Crippen LogP contribution in [0.1, 0.15) is 37.7 Å². The maximum absolute atomic E-state index is 8.39. The second-order valence-electron chi connectivity index (χ2n) is 3.93. The van der Waals surface area contributed by atoms with Crippen LogP contribution in [-0.4, -0.2) is 7.11 Å². The fourth-order valence-electron chi connectivity index (χ4n) is 1.58. The van der Waals surface area contributed by atoms with E-state index in [-0.39, 0.29) is 0 Å². The SMILES string of the molecule is COc1ccc(/C=C/CCCCCC#N)cc1. The molecule has 0 heterocycles. The highest BCUT2D eigenvalue weighted by molar-refractivity contribution is 5.50. The smallest absolute Gasteiger partial charge is 0.118 e. The van der Waals surface area contributed by atoms with Gasteiger partial charge in [-0.15, -0.1) is 0 Å². The van der Waals surface area contributed by atoms with Crippen LogP contribution in [0.25, 0.3) is 6.08 Å². The minimum absolute atomic E-state index is 0.683. The first kappa shape index (κ1) is 13.3. The Balaban J connectivity index is 2.21. The van der Waals surface area contributed by atoms with Gasteiger partial charge in [0.1, 0.15) is 5.75 Å². The molecule has 2 heteroatoms. The van der Waals surface area contributed by atoms with Crippen LogP contribution in [0.4, 0.5) is 0 Å². The van der Waals surface area contributed by atoms with Gasteiger partial charge in [-0.1, -0.05) is 30.7 Å². The van der Waals surface area contributed by atoms with Gasteiger partial charge in [-0.2, -0.15) is 5.26 Å². The minimum atomic E-state index is 0.683. The highest BCUT2D eigenvalue weighted by Crippen LogP contribution is 2.13. The number of rotatable bonds is 7. The molecule has 0 aliphatic heterocycles. The fraction of sp³-hybridized carbons (Fsp3) is 0.400. The summed E-state index contributed by atoms with van der Waals surface area (Å²) in [5.41, 5.74) is 1.20. The van der Waals surface area contributed by atoms with E-state index in [0.29, 0.717) is 6.42 Å². The molecule has 17 heavy (non-hydrogen) atoms. The molecule has 0 fully saturated rings. The van der Waals surface area contributed by atoms with Crippen LogP contribution >= 0.6 is 0 Å². The maximum Gasteiger partial charge on any atom is 0.118 e. The third-order valence-corrected chi connectivity index (χ3v) is 2.59. The number of nitrogens with zero attached hydrogens (tertiary/aromatic N) is 1.